The van der Waals surface area contributed by atoms with Crippen LogP contribution >= 0.6 is 0 Å². The van der Waals surface area contributed by atoms with E-state index in [1.165, 1.54) is 27.1 Å². The quantitative estimate of drug-likeness (QED) is 0.550. The fourth-order valence-electron chi connectivity index (χ4n) is 3.23. The van der Waals surface area contributed by atoms with Crippen LogP contribution in [0.2, 0.25) is 0 Å². The topological polar surface area (TPSA) is 52.6 Å². The lowest BCUT2D eigenvalue weighted by atomic mass is 9.75. The van der Waals surface area contributed by atoms with E-state index in [-0.39, 0.29) is 5.92 Å². The number of esters is 2. The third-order valence-corrected chi connectivity index (χ3v) is 4.09. The molecule has 1 aliphatic rings. The standard InChI is InChI=1S/C15H26O4/c1-10(2)9-12(11-7-5-6-8-11)13(14(16)18-3)15(17)19-4/h10-13H,5-9H2,1-4H3. The van der Waals surface area contributed by atoms with Crippen molar-refractivity contribution in [3.63, 3.8) is 0 Å². The average Bonchev–Trinajstić information content (AvgIpc) is 2.90. The molecule has 0 heterocycles. The maximum absolute atomic E-state index is 12.0. The van der Waals surface area contributed by atoms with Crippen LogP contribution in [0.1, 0.15) is 46.0 Å². The van der Waals surface area contributed by atoms with Gasteiger partial charge in [0.15, 0.2) is 5.92 Å². The number of carbonyl (C=O) groups is 2. The van der Waals surface area contributed by atoms with Gasteiger partial charge in [0, 0.05) is 0 Å². The summed E-state index contributed by atoms with van der Waals surface area (Å²) in [5.41, 5.74) is 0. The number of hydrogen-bond donors (Lipinski definition) is 0. The molecule has 19 heavy (non-hydrogen) atoms. The maximum atomic E-state index is 12.0. The minimum Gasteiger partial charge on any atom is -0.468 e. The minimum atomic E-state index is -0.763. The monoisotopic (exact) mass is 270 g/mol. The molecule has 1 fully saturated rings. The molecule has 0 N–H and O–H groups in total. The van der Waals surface area contributed by atoms with Crippen LogP contribution in [-0.2, 0) is 19.1 Å². The lowest BCUT2D eigenvalue weighted by Gasteiger charge is -2.29. The first-order valence-electron chi connectivity index (χ1n) is 7.16. The first-order valence-corrected chi connectivity index (χ1v) is 7.16. The highest BCUT2D eigenvalue weighted by Crippen LogP contribution is 2.39. The summed E-state index contributed by atoms with van der Waals surface area (Å²) in [7, 11) is 2.67. The third-order valence-electron chi connectivity index (χ3n) is 4.09. The van der Waals surface area contributed by atoms with E-state index in [1.54, 1.807) is 0 Å². The second-order valence-corrected chi connectivity index (χ2v) is 5.86. The number of carbonyl (C=O) groups excluding carboxylic acids is 2. The molecule has 0 spiro atoms. The largest absolute Gasteiger partial charge is 0.468 e. The smallest absolute Gasteiger partial charge is 0.320 e. The van der Waals surface area contributed by atoms with Crippen LogP contribution < -0.4 is 0 Å². The van der Waals surface area contributed by atoms with Crippen molar-refractivity contribution in [1.29, 1.82) is 0 Å². The Morgan fingerprint density at radius 2 is 1.53 bits per heavy atom. The van der Waals surface area contributed by atoms with Gasteiger partial charge in [-0.25, -0.2) is 0 Å². The molecule has 0 aromatic carbocycles. The summed E-state index contributed by atoms with van der Waals surface area (Å²) in [6.07, 6.45) is 5.44. The molecule has 1 saturated carbocycles. The van der Waals surface area contributed by atoms with E-state index in [0.29, 0.717) is 11.8 Å². The Balaban J connectivity index is 2.94. The number of rotatable bonds is 6. The third kappa shape index (κ3) is 4.22. The summed E-state index contributed by atoms with van der Waals surface area (Å²) < 4.78 is 9.64. The molecule has 4 nitrogen and oxygen atoms in total. The molecular weight excluding hydrogens is 244 g/mol. The fraction of sp³-hybridized carbons (Fsp3) is 0.867. The lowest BCUT2D eigenvalue weighted by molar-refractivity contribution is -0.163. The van der Waals surface area contributed by atoms with Gasteiger partial charge in [-0.3, -0.25) is 9.59 Å². The zero-order valence-electron chi connectivity index (χ0n) is 12.5. The van der Waals surface area contributed by atoms with Crippen molar-refractivity contribution in [3.05, 3.63) is 0 Å². The van der Waals surface area contributed by atoms with E-state index in [1.807, 2.05) is 0 Å². The normalized spacial score (nSPS) is 17.8. The van der Waals surface area contributed by atoms with Crippen molar-refractivity contribution < 1.29 is 19.1 Å². The van der Waals surface area contributed by atoms with E-state index in [0.717, 1.165) is 19.3 Å². The van der Waals surface area contributed by atoms with Crippen LogP contribution in [0.3, 0.4) is 0 Å². The molecule has 1 aliphatic carbocycles. The Labute approximate surface area is 115 Å². The van der Waals surface area contributed by atoms with E-state index < -0.39 is 17.9 Å². The highest BCUT2D eigenvalue weighted by atomic mass is 16.5. The van der Waals surface area contributed by atoms with E-state index in [4.69, 9.17) is 9.47 Å². The Kier molecular flexibility index (Phi) is 6.32. The van der Waals surface area contributed by atoms with Crippen LogP contribution in [0.5, 0.6) is 0 Å². The zero-order chi connectivity index (χ0) is 14.4. The summed E-state index contributed by atoms with van der Waals surface area (Å²) in [5.74, 6) is -0.746. The zero-order valence-corrected chi connectivity index (χ0v) is 12.5. The molecular formula is C15H26O4. The van der Waals surface area contributed by atoms with Gasteiger partial charge in [0.25, 0.3) is 0 Å². The van der Waals surface area contributed by atoms with Crippen molar-refractivity contribution >= 4 is 11.9 Å². The second kappa shape index (κ2) is 7.51. The van der Waals surface area contributed by atoms with E-state index in [9.17, 15) is 9.59 Å². The number of ether oxygens (including phenoxy) is 2. The molecule has 0 amide bonds. The summed E-state index contributed by atoms with van der Waals surface area (Å²) in [4.78, 5) is 23.9. The van der Waals surface area contributed by atoms with Crippen molar-refractivity contribution in [2.45, 2.75) is 46.0 Å². The van der Waals surface area contributed by atoms with Gasteiger partial charge < -0.3 is 9.47 Å². The lowest BCUT2D eigenvalue weighted by Crippen LogP contribution is -2.37. The van der Waals surface area contributed by atoms with Gasteiger partial charge in [-0.1, -0.05) is 39.5 Å². The predicted molar refractivity (Wildman–Crippen MR) is 72.4 cm³/mol. The molecule has 1 rings (SSSR count). The summed E-state index contributed by atoms with van der Waals surface area (Å²) in [6, 6.07) is 0. The SMILES string of the molecule is COC(=O)C(C(=O)OC)C(CC(C)C)C1CCCC1. The summed E-state index contributed by atoms with van der Waals surface area (Å²) >= 11 is 0. The van der Waals surface area contributed by atoms with Crippen molar-refractivity contribution in [2.75, 3.05) is 14.2 Å². The van der Waals surface area contributed by atoms with Gasteiger partial charge in [0.2, 0.25) is 0 Å². The van der Waals surface area contributed by atoms with Crippen LogP contribution in [0.15, 0.2) is 0 Å². The first kappa shape index (κ1) is 16.0. The van der Waals surface area contributed by atoms with Gasteiger partial charge in [-0.15, -0.1) is 0 Å². The van der Waals surface area contributed by atoms with Crippen LogP contribution in [0.4, 0.5) is 0 Å². The first-order chi connectivity index (χ1) is 9.01. The summed E-state index contributed by atoms with van der Waals surface area (Å²) in [5, 5.41) is 0. The predicted octanol–water partition coefficient (Wildman–Crippen LogP) is 2.80. The van der Waals surface area contributed by atoms with Gasteiger partial charge in [0.1, 0.15) is 0 Å². The average molecular weight is 270 g/mol. The van der Waals surface area contributed by atoms with Crippen LogP contribution in [-0.4, -0.2) is 26.2 Å². The Bertz CT molecular complexity index is 289. The number of methoxy groups -OCH3 is 2. The van der Waals surface area contributed by atoms with E-state index in [2.05, 4.69) is 13.8 Å². The van der Waals surface area contributed by atoms with Crippen molar-refractivity contribution in [1.82, 2.24) is 0 Å². The van der Waals surface area contributed by atoms with Crippen molar-refractivity contribution in [3.8, 4) is 0 Å². The van der Waals surface area contributed by atoms with Gasteiger partial charge in [0.05, 0.1) is 14.2 Å². The highest BCUT2D eigenvalue weighted by molar-refractivity contribution is 5.95. The Hall–Kier alpha value is -1.06. The molecule has 110 valence electrons. The summed E-state index contributed by atoms with van der Waals surface area (Å²) in [6.45, 7) is 4.24. The molecule has 0 aromatic rings. The van der Waals surface area contributed by atoms with Gasteiger partial charge in [-0.05, 0) is 24.2 Å². The molecule has 0 radical (unpaired) electrons. The molecule has 0 bridgehead atoms. The molecule has 4 heteroatoms. The van der Waals surface area contributed by atoms with Gasteiger partial charge >= 0.3 is 11.9 Å². The van der Waals surface area contributed by atoms with Crippen molar-refractivity contribution in [2.24, 2.45) is 23.7 Å². The molecule has 0 saturated heterocycles. The molecule has 1 unspecified atom stereocenters. The fourth-order valence-corrected chi connectivity index (χ4v) is 3.23. The number of hydrogen-bond acceptors (Lipinski definition) is 4. The van der Waals surface area contributed by atoms with E-state index >= 15 is 0 Å². The van der Waals surface area contributed by atoms with Crippen LogP contribution in [0, 0.1) is 23.7 Å². The highest BCUT2D eigenvalue weighted by Gasteiger charge is 2.41. The Morgan fingerprint density at radius 1 is 1.05 bits per heavy atom. The molecule has 0 aromatic heterocycles. The molecule has 0 aliphatic heterocycles. The van der Waals surface area contributed by atoms with Gasteiger partial charge in [-0.2, -0.15) is 0 Å². The minimum absolute atomic E-state index is 0.0439. The maximum Gasteiger partial charge on any atom is 0.320 e. The van der Waals surface area contributed by atoms with Crippen LogP contribution in [0.25, 0.3) is 0 Å². The second-order valence-electron chi connectivity index (χ2n) is 5.86. The Morgan fingerprint density at radius 3 is 1.89 bits per heavy atom. The molecule has 1 atom stereocenters.